The van der Waals surface area contributed by atoms with Crippen molar-refractivity contribution in [2.24, 2.45) is 0 Å². The lowest BCUT2D eigenvalue weighted by molar-refractivity contribution is 0.288. The van der Waals surface area contributed by atoms with Crippen molar-refractivity contribution in [1.29, 1.82) is 0 Å². The Morgan fingerprint density at radius 3 is 2.69 bits per heavy atom. The summed E-state index contributed by atoms with van der Waals surface area (Å²) in [5.41, 5.74) is 2.05. The summed E-state index contributed by atoms with van der Waals surface area (Å²) in [5, 5.41) is 12.6. The fourth-order valence-corrected chi connectivity index (χ4v) is 1.81. The standard InChI is InChI=1S/C12H12BrNO2/c13-11-5-3-9(4-6-11)12-10(2-1-7-15)8-14-16-12/h3-6,8,15H,1-2,7H2. The zero-order valence-electron chi connectivity index (χ0n) is 8.69. The minimum absolute atomic E-state index is 0.185. The lowest BCUT2D eigenvalue weighted by Gasteiger charge is -2.00. The van der Waals surface area contributed by atoms with Crippen molar-refractivity contribution < 1.29 is 9.63 Å². The zero-order chi connectivity index (χ0) is 11.4. The Morgan fingerprint density at radius 2 is 2.00 bits per heavy atom. The summed E-state index contributed by atoms with van der Waals surface area (Å²) >= 11 is 3.39. The Kier molecular flexibility index (Phi) is 3.74. The molecule has 0 fully saturated rings. The molecule has 4 heteroatoms. The molecule has 1 aromatic heterocycles. The molecule has 1 aromatic carbocycles. The van der Waals surface area contributed by atoms with Crippen LogP contribution < -0.4 is 0 Å². The number of rotatable bonds is 4. The molecule has 0 radical (unpaired) electrons. The van der Waals surface area contributed by atoms with Crippen molar-refractivity contribution >= 4 is 15.9 Å². The van der Waals surface area contributed by atoms with E-state index in [1.807, 2.05) is 24.3 Å². The fraction of sp³-hybridized carbons (Fsp3) is 0.250. The second-order valence-corrected chi connectivity index (χ2v) is 4.43. The van der Waals surface area contributed by atoms with Gasteiger partial charge in [0.2, 0.25) is 0 Å². The minimum Gasteiger partial charge on any atom is -0.396 e. The number of aliphatic hydroxyl groups excluding tert-OH is 1. The maximum absolute atomic E-state index is 8.81. The van der Waals surface area contributed by atoms with Crippen LogP contribution >= 0.6 is 15.9 Å². The monoisotopic (exact) mass is 281 g/mol. The van der Waals surface area contributed by atoms with E-state index in [-0.39, 0.29) is 6.61 Å². The quantitative estimate of drug-likeness (QED) is 0.937. The van der Waals surface area contributed by atoms with E-state index in [2.05, 4.69) is 21.1 Å². The van der Waals surface area contributed by atoms with E-state index in [1.165, 1.54) is 0 Å². The first-order valence-electron chi connectivity index (χ1n) is 5.11. The summed E-state index contributed by atoms with van der Waals surface area (Å²) in [7, 11) is 0. The van der Waals surface area contributed by atoms with Gasteiger partial charge in [0.05, 0.1) is 6.20 Å². The van der Waals surface area contributed by atoms with Crippen LogP contribution in [0.15, 0.2) is 39.5 Å². The summed E-state index contributed by atoms with van der Waals surface area (Å²) in [6.07, 6.45) is 3.23. The van der Waals surface area contributed by atoms with Crippen LogP contribution in [0, 0.1) is 0 Å². The molecule has 2 rings (SSSR count). The Hall–Kier alpha value is -1.13. The van der Waals surface area contributed by atoms with Gasteiger partial charge < -0.3 is 9.63 Å². The van der Waals surface area contributed by atoms with Gasteiger partial charge in [0, 0.05) is 22.2 Å². The molecule has 0 saturated heterocycles. The molecular formula is C12H12BrNO2. The van der Waals surface area contributed by atoms with Crippen LogP contribution in [0.5, 0.6) is 0 Å². The average Bonchev–Trinajstić information content (AvgIpc) is 2.75. The highest BCUT2D eigenvalue weighted by atomic mass is 79.9. The summed E-state index contributed by atoms with van der Waals surface area (Å²) in [6.45, 7) is 0.185. The average molecular weight is 282 g/mol. The van der Waals surface area contributed by atoms with Gasteiger partial charge in [-0.2, -0.15) is 0 Å². The number of aromatic nitrogens is 1. The molecule has 3 nitrogen and oxygen atoms in total. The Bertz CT molecular complexity index is 450. The fourth-order valence-electron chi connectivity index (χ4n) is 1.55. The van der Waals surface area contributed by atoms with Gasteiger partial charge in [-0.05, 0) is 25.0 Å². The number of halogens is 1. The lowest BCUT2D eigenvalue weighted by atomic mass is 10.1. The maximum Gasteiger partial charge on any atom is 0.170 e. The predicted molar refractivity (Wildman–Crippen MR) is 65.0 cm³/mol. The molecule has 84 valence electrons. The second kappa shape index (κ2) is 5.27. The van der Waals surface area contributed by atoms with Crippen LogP contribution in [-0.2, 0) is 6.42 Å². The molecule has 0 atom stereocenters. The molecule has 0 bridgehead atoms. The van der Waals surface area contributed by atoms with Crippen molar-refractivity contribution in [1.82, 2.24) is 5.16 Å². The van der Waals surface area contributed by atoms with Crippen LogP contribution in [0.3, 0.4) is 0 Å². The van der Waals surface area contributed by atoms with Crippen LogP contribution in [0.1, 0.15) is 12.0 Å². The second-order valence-electron chi connectivity index (χ2n) is 3.51. The molecule has 0 aliphatic carbocycles. The third-order valence-electron chi connectivity index (χ3n) is 2.35. The third-order valence-corrected chi connectivity index (χ3v) is 2.88. The summed E-state index contributed by atoms with van der Waals surface area (Å²) in [4.78, 5) is 0. The summed E-state index contributed by atoms with van der Waals surface area (Å²) < 4.78 is 6.28. The van der Waals surface area contributed by atoms with Crippen molar-refractivity contribution in [2.75, 3.05) is 6.61 Å². The number of nitrogens with zero attached hydrogens (tertiary/aromatic N) is 1. The normalized spacial score (nSPS) is 10.6. The molecule has 0 aliphatic heterocycles. The topological polar surface area (TPSA) is 46.3 Å². The number of hydrogen-bond donors (Lipinski definition) is 1. The third kappa shape index (κ3) is 2.51. The van der Waals surface area contributed by atoms with E-state index in [9.17, 15) is 0 Å². The summed E-state index contributed by atoms with van der Waals surface area (Å²) in [6, 6.07) is 7.89. The molecule has 0 spiro atoms. The minimum atomic E-state index is 0.185. The molecule has 0 amide bonds. The Labute approximate surface area is 102 Å². The molecule has 0 saturated carbocycles. The maximum atomic E-state index is 8.81. The SMILES string of the molecule is OCCCc1cnoc1-c1ccc(Br)cc1. The van der Waals surface area contributed by atoms with Crippen molar-refractivity contribution in [3.05, 3.63) is 40.5 Å². The predicted octanol–water partition coefficient (Wildman–Crippen LogP) is 3.03. The number of hydrogen-bond acceptors (Lipinski definition) is 3. The van der Waals surface area contributed by atoms with Crippen molar-refractivity contribution in [2.45, 2.75) is 12.8 Å². The first-order chi connectivity index (χ1) is 7.81. The zero-order valence-corrected chi connectivity index (χ0v) is 10.3. The largest absolute Gasteiger partial charge is 0.396 e. The van der Waals surface area contributed by atoms with Gasteiger partial charge in [-0.15, -0.1) is 0 Å². The summed E-state index contributed by atoms with van der Waals surface area (Å²) in [5.74, 6) is 0.793. The number of aryl methyl sites for hydroxylation is 1. The first kappa shape index (κ1) is 11.4. The lowest BCUT2D eigenvalue weighted by Crippen LogP contribution is -1.89. The highest BCUT2D eigenvalue weighted by molar-refractivity contribution is 9.10. The van der Waals surface area contributed by atoms with Crippen LogP contribution in [0.4, 0.5) is 0 Å². The highest BCUT2D eigenvalue weighted by Crippen LogP contribution is 2.25. The van der Waals surface area contributed by atoms with E-state index in [0.717, 1.165) is 34.2 Å². The van der Waals surface area contributed by atoms with E-state index >= 15 is 0 Å². The van der Waals surface area contributed by atoms with Crippen molar-refractivity contribution in [3.8, 4) is 11.3 Å². The van der Waals surface area contributed by atoms with E-state index < -0.39 is 0 Å². The van der Waals surface area contributed by atoms with Gasteiger partial charge in [0.25, 0.3) is 0 Å². The number of benzene rings is 1. The molecule has 0 unspecified atom stereocenters. The van der Waals surface area contributed by atoms with E-state index in [0.29, 0.717) is 0 Å². The first-order valence-corrected chi connectivity index (χ1v) is 5.91. The Morgan fingerprint density at radius 1 is 1.25 bits per heavy atom. The molecule has 2 aromatic rings. The molecule has 1 heterocycles. The van der Waals surface area contributed by atoms with Crippen LogP contribution in [-0.4, -0.2) is 16.9 Å². The van der Waals surface area contributed by atoms with Gasteiger partial charge in [0.15, 0.2) is 5.76 Å². The van der Waals surface area contributed by atoms with E-state index in [1.54, 1.807) is 6.20 Å². The van der Waals surface area contributed by atoms with Crippen molar-refractivity contribution in [3.63, 3.8) is 0 Å². The molecule has 0 aliphatic rings. The van der Waals surface area contributed by atoms with Gasteiger partial charge in [-0.1, -0.05) is 33.2 Å². The van der Waals surface area contributed by atoms with Gasteiger partial charge >= 0.3 is 0 Å². The van der Waals surface area contributed by atoms with Gasteiger partial charge in [0.1, 0.15) is 0 Å². The smallest absolute Gasteiger partial charge is 0.170 e. The molecule has 1 N–H and O–H groups in total. The molecule has 16 heavy (non-hydrogen) atoms. The van der Waals surface area contributed by atoms with Gasteiger partial charge in [-0.3, -0.25) is 0 Å². The number of aliphatic hydroxyl groups is 1. The highest BCUT2D eigenvalue weighted by Gasteiger charge is 2.09. The van der Waals surface area contributed by atoms with Gasteiger partial charge in [-0.25, -0.2) is 0 Å². The van der Waals surface area contributed by atoms with E-state index in [4.69, 9.17) is 9.63 Å². The molecular weight excluding hydrogens is 270 g/mol. The van der Waals surface area contributed by atoms with Crippen LogP contribution in [0.2, 0.25) is 0 Å². The van der Waals surface area contributed by atoms with Crippen LogP contribution in [0.25, 0.3) is 11.3 Å². The Balaban J connectivity index is 2.26.